The van der Waals surface area contributed by atoms with Crippen LogP contribution in [0.15, 0.2) is 42.5 Å². The maximum absolute atomic E-state index is 12.2. The maximum Gasteiger partial charge on any atom is 0.251 e. The number of amides is 1. The van der Waals surface area contributed by atoms with E-state index in [1.54, 1.807) is 7.11 Å². The molecule has 0 saturated carbocycles. The van der Waals surface area contributed by atoms with Gasteiger partial charge in [-0.25, -0.2) is 0 Å². The molecule has 0 aromatic heterocycles. The Labute approximate surface area is 136 Å². The van der Waals surface area contributed by atoms with Gasteiger partial charge in [0, 0.05) is 12.1 Å². The van der Waals surface area contributed by atoms with Crippen LogP contribution < -0.4 is 14.8 Å². The number of methoxy groups -OCH3 is 1. The Morgan fingerprint density at radius 2 is 2.04 bits per heavy atom. The van der Waals surface area contributed by atoms with Crippen LogP contribution in [0.5, 0.6) is 11.5 Å². The number of carbonyl (C=O) groups excluding carboxylic acids is 1. The number of hydrogen-bond donors (Lipinski definition) is 1. The molecule has 0 bridgehead atoms. The summed E-state index contributed by atoms with van der Waals surface area (Å²) in [6, 6.07) is 13.6. The number of ether oxygens (including phenoxy) is 2. The van der Waals surface area contributed by atoms with Gasteiger partial charge in [0.15, 0.2) is 0 Å². The molecule has 0 aliphatic carbocycles. The Morgan fingerprint density at radius 3 is 2.83 bits per heavy atom. The summed E-state index contributed by atoms with van der Waals surface area (Å²) in [6.07, 6.45) is 2.78. The number of hydrogen-bond acceptors (Lipinski definition) is 3. The molecule has 1 N–H and O–H groups in total. The Balaban J connectivity index is 1.54. The molecule has 0 radical (unpaired) electrons. The van der Waals surface area contributed by atoms with Gasteiger partial charge in [-0.2, -0.15) is 0 Å². The first-order valence-corrected chi connectivity index (χ1v) is 7.93. The van der Waals surface area contributed by atoms with E-state index in [1.807, 2.05) is 42.5 Å². The van der Waals surface area contributed by atoms with Gasteiger partial charge in [0.25, 0.3) is 5.91 Å². The zero-order chi connectivity index (χ0) is 16.1. The van der Waals surface area contributed by atoms with Gasteiger partial charge >= 0.3 is 0 Å². The molecule has 3 rings (SSSR count). The predicted molar refractivity (Wildman–Crippen MR) is 89.3 cm³/mol. The van der Waals surface area contributed by atoms with Crippen LogP contribution in [-0.4, -0.2) is 26.2 Å². The Hall–Kier alpha value is -2.49. The number of rotatable bonds is 5. The van der Waals surface area contributed by atoms with E-state index in [0.29, 0.717) is 12.1 Å². The lowest BCUT2D eigenvalue weighted by atomic mass is 10.0. The lowest BCUT2D eigenvalue weighted by Crippen LogP contribution is -2.26. The first kappa shape index (κ1) is 15.4. The minimum Gasteiger partial charge on any atom is -0.497 e. The minimum absolute atomic E-state index is 0.0353. The maximum atomic E-state index is 12.2. The van der Waals surface area contributed by atoms with Gasteiger partial charge in [-0.1, -0.05) is 12.1 Å². The standard InChI is InChI=1S/C19H21NO3/c1-22-17-7-4-14(5-8-17)10-11-20-19(21)16-6-9-18-15(13-16)3-2-12-23-18/h4-9,13H,2-3,10-12H2,1H3,(H,20,21). The molecule has 1 aliphatic heterocycles. The van der Waals surface area contributed by atoms with Crippen molar-refractivity contribution in [3.05, 3.63) is 59.2 Å². The van der Waals surface area contributed by atoms with Crippen LogP contribution in [0.4, 0.5) is 0 Å². The van der Waals surface area contributed by atoms with Crippen molar-refractivity contribution in [2.24, 2.45) is 0 Å². The molecular weight excluding hydrogens is 290 g/mol. The van der Waals surface area contributed by atoms with E-state index < -0.39 is 0 Å². The van der Waals surface area contributed by atoms with Crippen LogP contribution in [-0.2, 0) is 12.8 Å². The third-order valence-corrected chi connectivity index (χ3v) is 4.03. The molecule has 4 nitrogen and oxygen atoms in total. The molecule has 1 amide bonds. The quantitative estimate of drug-likeness (QED) is 0.923. The highest BCUT2D eigenvalue weighted by molar-refractivity contribution is 5.94. The number of fused-ring (bicyclic) bond motifs is 1. The highest BCUT2D eigenvalue weighted by Gasteiger charge is 2.13. The van der Waals surface area contributed by atoms with Crippen molar-refractivity contribution >= 4 is 5.91 Å². The molecule has 2 aromatic rings. The van der Waals surface area contributed by atoms with E-state index >= 15 is 0 Å². The topological polar surface area (TPSA) is 47.6 Å². The fourth-order valence-electron chi connectivity index (χ4n) is 2.72. The molecule has 0 spiro atoms. The van der Waals surface area contributed by atoms with Gasteiger partial charge in [-0.3, -0.25) is 4.79 Å². The molecule has 1 heterocycles. The summed E-state index contributed by atoms with van der Waals surface area (Å²) in [5.41, 5.74) is 2.99. The fourth-order valence-corrected chi connectivity index (χ4v) is 2.72. The lowest BCUT2D eigenvalue weighted by molar-refractivity contribution is 0.0954. The van der Waals surface area contributed by atoms with Crippen LogP contribution in [0.1, 0.15) is 27.9 Å². The van der Waals surface area contributed by atoms with Crippen molar-refractivity contribution in [1.29, 1.82) is 0 Å². The second-order valence-electron chi connectivity index (χ2n) is 5.63. The zero-order valence-corrected chi connectivity index (χ0v) is 13.3. The third-order valence-electron chi connectivity index (χ3n) is 4.03. The third kappa shape index (κ3) is 3.83. The van der Waals surface area contributed by atoms with Crippen molar-refractivity contribution in [3.63, 3.8) is 0 Å². The molecule has 0 atom stereocenters. The first-order valence-electron chi connectivity index (χ1n) is 7.93. The van der Waals surface area contributed by atoms with Crippen LogP contribution in [0, 0.1) is 0 Å². The monoisotopic (exact) mass is 311 g/mol. The van der Waals surface area contributed by atoms with Gasteiger partial charge in [0.2, 0.25) is 0 Å². The Bertz CT molecular complexity index is 680. The summed E-state index contributed by atoms with van der Waals surface area (Å²) in [5, 5.41) is 2.97. The summed E-state index contributed by atoms with van der Waals surface area (Å²) in [6.45, 7) is 1.37. The average molecular weight is 311 g/mol. The number of aryl methyl sites for hydroxylation is 1. The summed E-state index contributed by atoms with van der Waals surface area (Å²) < 4.78 is 10.7. The second kappa shape index (κ2) is 7.18. The Morgan fingerprint density at radius 1 is 1.22 bits per heavy atom. The average Bonchev–Trinajstić information content (AvgIpc) is 2.61. The largest absolute Gasteiger partial charge is 0.497 e. The highest BCUT2D eigenvalue weighted by Crippen LogP contribution is 2.25. The van der Waals surface area contributed by atoms with Gasteiger partial charge in [0.05, 0.1) is 13.7 Å². The van der Waals surface area contributed by atoms with Crippen molar-refractivity contribution in [2.75, 3.05) is 20.3 Å². The smallest absolute Gasteiger partial charge is 0.251 e. The minimum atomic E-state index is -0.0353. The highest BCUT2D eigenvalue weighted by atomic mass is 16.5. The SMILES string of the molecule is COc1ccc(CCNC(=O)c2ccc3c(c2)CCCO3)cc1. The first-order chi connectivity index (χ1) is 11.3. The van der Waals surface area contributed by atoms with Gasteiger partial charge < -0.3 is 14.8 Å². The van der Waals surface area contributed by atoms with Crippen molar-refractivity contribution in [2.45, 2.75) is 19.3 Å². The molecule has 1 aliphatic rings. The van der Waals surface area contributed by atoms with Gasteiger partial charge in [0.1, 0.15) is 11.5 Å². The molecule has 2 aromatic carbocycles. The van der Waals surface area contributed by atoms with Crippen LogP contribution >= 0.6 is 0 Å². The van der Waals surface area contributed by atoms with E-state index in [4.69, 9.17) is 9.47 Å². The molecule has 0 fully saturated rings. The zero-order valence-electron chi connectivity index (χ0n) is 13.3. The summed E-state index contributed by atoms with van der Waals surface area (Å²) in [5.74, 6) is 1.71. The van der Waals surface area contributed by atoms with E-state index in [-0.39, 0.29) is 5.91 Å². The predicted octanol–water partition coefficient (Wildman–Crippen LogP) is 2.99. The normalized spacial score (nSPS) is 12.9. The molecular formula is C19H21NO3. The summed E-state index contributed by atoms with van der Waals surface area (Å²) in [7, 11) is 1.65. The molecule has 0 saturated heterocycles. The van der Waals surface area contributed by atoms with E-state index in [1.165, 1.54) is 5.56 Å². The fraction of sp³-hybridized carbons (Fsp3) is 0.316. The van der Waals surface area contributed by atoms with Crippen molar-refractivity contribution < 1.29 is 14.3 Å². The van der Waals surface area contributed by atoms with Crippen molar-refractivity contribution in [3.8, 4) is 11.5 Å². The Kier molecular flexibility index (Phi) is 4.81. The molecule has 0 unspecified atom stereocenters. The van der Waals surface area contributed by atoms with Crippen molar-refractivity contribution in [1.82, 2.24) is 5.32 Å². The van der Waals surface area contributed by atoms with E-state index in [9.17, 15) is 4.79 Å². The molecule has 120 valence electrons. The molecule has 23 heavy (non-hydrogen) atoms. The number of carbonyl (C=O) groups is 1. The molecule has 4 heteroatoms. The summed E-state index contributed by atoms with van der Waals surface area (Å²) >= 11 is 0. The number of nitrogens with one attached hydrogen (secondary N) is 1. The van der Waals surface area contributed by atoms with Crippen LogP contribution in [0.2, 0.25) is 0 Å². The van der Waals surface area contributed by atoms with Crippen LogP contribution in [0.25, 0.3) is 0 Å². The lowest BCUT2D eigenvalue weighted by Gasteiger charge is -2.17. The van der Waals surface area contributed by atoms with E-state index in [2.05, 4.69) is 5.32 Å². The number of benzene rings is 2. The van der Waals surface area contributed by atoms with E-state index in [0.717, 1.165) is 42.9 Å². The van der Waals surface area contributed by atoms with Crippen LogP contribution in [0.3, 0.4) is 0 Å². The van der Waals surface area contributed by atoms with Gasteiger partial charge in [-0.05, 0) is 60.7 Å². The summed E-state index contributed by atoms with van der Waals surface area (Å²) in [4.78, 5) is 12.2. The van der Waals surface area contributed by atoms with Gasteiger partial charge in [-0.15, -0.1) is 0 Å². The second-order valence-corrected chi connectivity index (χ2v) is 5.63.